The zero-order valence-corrected chi connectivity index (χ0v) is 21.6. The average Bonchev–Trinajstić information content (AvgIpc) is 2.98. The summed E-state index contributed by atoms with van der Waals surface area (Å²) >= 11 is 0. The summed E-state index contributed by atoms with van der Waals surface area (Å²) in [5.41, 5.74) is 10.7. The van der Waals surface area contributed by atoms with Crippen molar-refractivity contribution in [3.8, 4) is 22.3 Å². The van der Waals surface area contributed by atoms with Crippen LogP contribution in [0.4, 0.5) is 17.2 Å². The molecule has 0 bridgehead atoms. The molecule has 0 saturated heterocycles. The summed E-state index contributed by atoms with van der Waals surface area (Å²) in [6.07, 6.45) is 0. The number of pyridine rings is 1. The van der Waals surface area contributed by atoms with E-state index in [1.54, 1.807) is 0 Å². The van der Waals surface area contributed by atoms with Crippen molar-refractivity contribution in [3.63, 3.8) is 0 Å². The highest BCUT2D eigenvalue weighted by molar-refractivity contribution is 5.89. The van der Waals surface area contributed by atoms with Gasteiger partial charge in [0.2, 0.25) is 0 Å². The summed E-state index contributed by atoms with van der Waals surface area (Å²) in [5.74, 6) is 0.938. The second kappa shape index (κ2) is 8.71. The van der Waals surface area contributed by atoms with Gasteiger partial charge in [0.25, 0.3) is 0 Å². The van der Waals surface area contributed by atoms with E-state index in [9.17, 15) is 0 Å². The predicted octanol–water partition coefficient (Wildman–Crippen LogP) is 9.68. The van der Waals surface area contributed by atoms with Crippen LogP contribution in [0.1, 0.15) is 25.0 Å². The number of anilines is 3. The maximum Gasteiger partial charge on any atom is 0.138 e. The normalized spacial score (nSPS) is 13.7. The second-order valence-corrected chi connectivity index (χ2v) is 10.5. The lowest BCUT2D eigenvalue weighted by atomic mass is 9.73. The third-order valence-corrected chi connectivity index (χ3v) is 7.87. The molecule has 5 aromatic carbocycles. The Morgan fingerprint density at radius 2 is 1.11 bits per heavy atom. The van der Waals surface area contributed by atoms with E-state index in [1.165, 1.54) is 44.8 Å². The lowest BCUT2D eigenvalue weighted by molar-refractivity contribution is 0.631. The molecular formula is C36H28N2. The van der Waals surface area contributed by atoms with Crippen molar-refractivity contribution in [2.75, 3.05) is 4.90 Å². The van der Waals surface area contributed by atoms with Crippen LogP contribution in [-0.2, 0) is 5.41 Å². The van der Waals surface area contributed by atoms with Gasteiger partial charge in [0.15, 0.2) is 0 Å². The van der Waals surface area contributed by atoms with E-state index in [0.29, 0.717) is 0 Å². The monoisotopic (exact) mass is 488 g/mol. The molecule has 38 heavy (non-hydrogen) atoms. The molecule has 0 fully saturated rings. The first-order valence-corrected chi connectivity index (χ1v) is 13.2. The van der Waals surface area contributed by atoms with Gasteiger partial charge in [-0.2, -0.15) is 0 Å². The smallest absolute Gasteiger partial charge is 0.138 e. The first-order chi connectivity index (χ1) is 18.6. The van der Waals surface area contributed by atoms with Gasteiger partial charge in [-0.3, -0.25) is 4.90 Å². The molecule has 0 amide bonds. The van der Waals surface area contributed by atoms with Crippen LogP contribution in [-0.4, -0.2) is 4.98 Å². The highest BCUT2D eigenvalue weighted by Gasteiger charge is 2.37. The quantitative estimate of drug-likeness (QED) is 0.246. The summed E-state index contributed by atoms with van der Waals surface area (Å²) in [6.45, 7) is 4.66. The van der Waals surface area contributed by atoms with Crippen LogP contribution in [0.15, 0.2) is 133 Å². The number of fused-ring (bicyclic) bond motifs is 3. The van der Waals surface area contributed by atoms with Crippen LogP contribution in [0.3, 0.4) is 0 Å². The van der Waals surface area contributed by atoms with Crippen LogP contribution >= 0.6 is 0 Å². The van der Waals surface area contributed by atoms with Gasteiger partial charge in [0.05, 0.1) is 16.9 Å². The van der Waals surface area contributed by atoms with Crippen LogP contribution in [0.25, 0.3) is 33.2 Å². The minimum atomic E-state index is -0.154. The predicted molar refractivity (Wildman–Crippen MR) is 159 cm³/mol. The zero-order chi connectivity index (χ0) is 25.7. The molecule has 6 aromatic rings. The summed E-state index contributed by atoms with van der Waals surface area (Å²) in [5, 5.41) is 1.15. The van der Waals surface area contributed by atoms with Gasteiger partial charge in [0.1, 0.15) is 5.82 Å². The molecule has 7 rings (SSSR count). The molecule has 0 unspecified atom stereocenters. The highest BCUT2D eigenvalue weighted by Crippen LogP contribution is 2.52. The number of benzene rings is 5. The van der Waals surface area contributed by atoms with Crippen molar-refractivity contribution in [1.82, 2.24) is 4.98 Å². The first kappa shape index (κ1) is 22.5. The summed E-state index contributed by atoms with van der Waals surface area (Å²) < 4.78 is 0. The van der Waals surface area contributed by atoms with Crippen molar-refractivity contribution in [1.29, 1.82) is 0 Å². The van der Waals surface area contributed by atoms with Gasteiger partial charge in [-0.1, -0.05) is 111 Å². The second-order valence-electron chi connectivity index (χ2n) is 10.5. The first-order valence-electron chi connectivity index (χ1n) is 13.2. The van der Waals surface area contributed by atoms with E-state index < -0.39 is 0 Å². The number of para-hydroxylation sites is 2. The van der Waals surface area contributed by atoms with Crippen molar-refractivity contribution in [2.24, 2.45) is 0 Å². The maximum atomic E-state index is 5.09. The fourth-order valence-electron chi connectivity index (χ4n) is 5.80. The number of aromatic nitrogens is 1. The molecule has 0 aliphatic carbocycles. The summed E-state index contributed by atoms with van der Waals surface area (Å²) in [4.78, 5) is 7.41. The molecule has 0 spiro atoms. The molecule has 0 saturated carbocycles. The molecule has 1 aliphatic heterocycles. The minimum Gasteiger partial charge on any atom is -0.294 e. The Balaban J connectivity index is 1.37. The van der Waals surface area contributed by atoms with Crippen LogP contribution < -0.4 is 4.90 Å². The average molecular weight is 489 g/mol. The Morgan fingerprint density at radius 3 is 1.92 bits per heavy atom. The molecule has 2 heterocycles. The van der Waals surface area contributed by atoms with Crippen molar-refractivity contribution >= 4 is 28.1 Å². The van der Waals surface area contributed by atoms with Gasteiger partial charge in [-0.15, -0.1) is 0 Å². The molecule has 2 heteroatoms. The van der Waals surface area contributed by atoms with E-state index in [2.05, 4.69) is 152 Å². The summed E-state index contributed by atoms with van der Waals surface area (Å²) in [7, 11) is 0. The van der Waals surface area contributed by atoms with Gasteiger partial charge in [-0.05, 0) is 69.8 Å². The van der Waals surface area contributed by atoms with Gasteiger partial charge >= 0.3 is 0 Å². The SMILES string of the molecule is CC1(C)c2ccccc2N(c2ccc3ccccc3n2)c2ccc(-c3ccc(-c4ccccc4)cc3)cc21. The molecule has 1 aromatic heterocycles. The molecule has 0 N–H and O–H groups in total. The van der Waals surface area contributed by atoms with Gasteiger partial charge in [-0.25, -0.2) is 4.98 Å². The van der Waals surface area contributed by atoms with E-state index in [-0.39, 0.29) is 5.41 Å². The minimum absolute atomic E-state index is 0.154. The third-order valence-electron chi connectivity index (χ3n) is 7.87. The number of hydrogen-bond donors (Lipinski definition) is 0. The molecule has 0 atom stereocenters. The third kappa shape index (κ3) is 3.61. The maximum absolute atomic E-state index is 5.09. The van der Waals surface area contributed by atoms with E-state index >= 15 is 0 Å². The van der Waals surface area contributed by atoms with E-state index in [0.717, 1.165) is 16.7 Å². The van der Waals surface area contributed by atoms with E-state index in [4.69, 9.17) is 4.98 Å². The van der Waals surface area contributed by atoms with Crippen molar-refractivity contribution in [2.45, 2.75) is 19.3 Å². The Labute approximate surface area is 223 Å². The van der Waals surface area contributed by atoms with Crippen LogP contribution in [0.5, 0.6) is 0 Å². The summed E-state index contributed by atoms with van der Waals surface area (Å²) in [6, 6.07) is 47.7. The van der Waals surface area contributed by atoms with E-state index in [1.807, 2.05) is 0 Å². The Hall–Kier alpha value is -4.69. The zero-order valence-electron chi connectivity index (χ0n) is 21.6. The van der Waals surface area contributed by atoms with Crippen molar-refractivity contribution in [3.05, 3.63) is 145 Å². The fraction of sp³-hybridized carbons (Fsp3) is 0.0833. The fourth-order valence-corrected chi connectivity index (χ4v) is 5.80. The molecule has 2 nitrogen and oxygen atoms in total. The highest BCUT2D eigenvalue weighted by atomic mass is 15.2. The molecule has 0 radical (unpaired) electrons. The Kier molecular flexibility index (Phi) is 5.16. The van der Waals surface area contributed by atoms with Crippen molar-refractivity contribution < 1.29 is 0 Å². The standard InChI is InChI=1S/C36H28N2/c1-36(2)30-13-7-9-15-33(30)38(35-23-21-28-12-6-8-14-32(28)37-35)34-22-20-29(24-31(34)36)27-18-16-26(17-19-27)25-10-4-3-5-11-25/h3-24H,1-2H3. The molecule has 1 aliphatic rings. The van der Waals surface area contributed by atoms with Gasteiger partial charge < -0.3 is 0 Å². The van der Waals surface area contributed by atoms with Crippen LogP contribution in [0, 0.1) is 0 Å². The molecular weight excluding hydrogens is 460 g/mol. The largest absolute Gasteiger partial charge is 0.294 e. The Bertz CT molecular complexity index is 1780. The number of rotatable bonds is 3. The Morgan fingerprint density at radius 1 is 0.500 bits per heavy atom. The lowest BCUT2D eigenvalue weighted by Gasteiger charge is -2.41. The molecule has 182 valence electrons. The van der Waals surface area contributed by atoms with Crippen LogP contribution in [0.2, 0.25) is 0 Å². The lowest BCUT2D eigenvalue weighted by Crippen LogP contribution is -2.31. The number of nitrogens with zero attached hydrogens (tertiary/aromatic N) is 2. The van der Waals surface area contributed by atoms with Gasteiger partial charge in [0, 0.05) is 10.8 Å². The number of hydrogen-bond acceptors (Lipinski definition) is 2. The topological polar surface area (TPSA) is 16.1 Å².